The van der Waals surface area contributed by atoms with Crippen LogP contribution in [0.25, 0.3) is 0 Å². The second kappa shape index (κ2) is 5.77. The van der Waals surface area contributed by atoms with Crippen LogP contribution < -0.4 is 14.8 Å². The molecule has 0 bridgehead atoms. The third kappa shape index (κ3) is 2.88. The lowest BCUT2D eigenvalue weighted by atomic mass is 10.1. The molecule has 5 heteroatoms. The Morgan fingerprint density at radius 3 is 2.71 bits per heavy atom. The second-order valence-corrected chi connectivity index (χ2v) is 5.95. The summed E-state index contributed by atoms with van der Waals surface area (Å²) in [5.41, 5.74) is 2.01. The molecule has 0 saturated heterocycles. The summed E-state index contributed by atoms with van der Waals surface area (Å²) in [6.07, 6.45) is 0. The van der Waals surface area contributed by atoms with E-state index >= 15 is 0 Å². The van der Waals surface area contributed by atoms with Gasteiger partial charge in [0.2, 0.25) is 0 Å². The average molecular weight is 303 g/mol. The Morgan fingerprint density at radius 2 is 2.00 bits per heavy atom. The monoisotopic (exact) mass is 303 g/mol. The number of amides is 1. The van der Waals surface area contributed by atoms with Crippen LogP contribution in [0.5, 0.6) is 11.5 Å². The zero-order valence-electron chi connectivity index (χ0n) is 12.0. The molecule has 0 aliphatic carbocycles. The summed E-state index contributed by atoms with van der Waals surface area (Å²) in [5.74, 6) is 1.47. The van der Waals surface area contributed by atoms with E-state index < -0.39 is 0 Å². The van der Waals surface area contributed by atoms with Gasteiger partial charge in [0.05, 0.1) is 10.9 Å². The minimum absolute atomic E-state index is 0.0371. The van der Waals surface area contributed by atoms with E-state index in [9.17, 15) is 4.79 Å². The highest BCUT2D eigenvalue weighted by molar-refractivity contribution is 7.12. The van der Waals surface area contributed by atoms with E-state index in [4.69, 9.17) is 9.47 Å². The quantitative estimate of drug-likeness (QED) is 0.946. The van der Waals surface area contributed by atoms with Crippen molar-refractivity contribution >= 4 is 17.2 Å². The van der Waals surface area contributed by atoms with Gasteiger partial charge in [0.25, 0.3) is 5.91 Å². The molecule has 3 rings (SSSR count). The first-order valence-electron chi connectivity index (χ1n) is 6.89. The highest BCUT2D eigenvalue weighted by Crippen LogP contribution is 2.32. The number of thiophene rings is 1. The number of carbonyl (C=O) groups excluding carboxylic acids is 1. The SMILES string of the molecule is Cc1ccsc1C(=O)NC(C)c1ccc2c(c1)OCCO2. The van der Waals surface area contributed by atoms with E-state index in [0.717, 1.165) is 27.5 Å². The van der Waals surface area contributed by atoms with Crippen molar-refractivity contribution in [1.29, 1.82) is 0 Å². The molecule has 0 fully saturated rings. The first kappa shape index (κ1) is 13.9. The van der Waals surface area contributed by atoms with Crippen LogP contribution in [0.4, 0.5) is 0 Å². The molecule has 1 atom stereocenters. The summed E-state index contributed by atoms with van der Waals surface area (Å²) in [6.45, 7) is 5.05. The highest BCUT2D eigenvalue weighted by atomic mass is 32.1. The van der Waals surface area contributed by atoms with Crippen molar-refractivity contribution in [2.75, 3.05) is 13.2 Å². The fourth-order valence-electron chi connectivity index (χ4n) is 2.28. The Labute approximate surface area is 127 Å². The fraction of sp³-hybridized carbons (Fsp3) is 0.312. The molecule has 4 nitrogen and oxygen atoms in total. The maximum absolute atomic E-state index is 12.2. The summed E-state index contributed by atoms with van der Waals surface area (Å²) in [5, 5.41) is 4.95. The molecule has 1 amide bonds. The molecule has 110 valence electrons. The van der Waals surface area contributed by atoms with E-state index in [0.29, 0.717) is 13.2 Å². The predicted octanol–water partition coefficient (Wildman–Crippen LogP) is 3.32. The number of aryl methyl sites for hydroxylation is 1. The van der Waals surface area contributed by atoms with Gasteiger partial charge in [0.1, 0.15) is 13.2 Å². The van der Waals surface area contributed by atoms with Crippen LogP contribution in [0.3, 0.4) is 0 Å². The molecule has 2 aromatic rings. The maximum atomic E-state index is 12.2. The Morgan fingerprint density at radius 1 is 1.24 bits per heavy atom. The summed E-state index contributed by atoms with van der Waals surface area (Å²) in [6, 6.07) is 7.65. The molecule has 1 unspecified atom stereocenters. The van der Waals surface area contributed by atoms with Crippen molar-refractivity contribution < 1.29 is 14.3 Å². The minimum Gasteiger partial charge on any atom is -0.486 e. The van der Waals surface area contributed by atoms with Crippen LogP contribution >= 0.6 is 11.3 Å². The molecule has 0 radical (unpaired) electrons. The van der Waals surface area contributed by atoms with Gasteiger partial charge in [-0.3, -0.25) is 4.79 Å². The first-order valence-corrected chi connectivity index (χ1v) is 7.77. The normalized spacial score (nSPS) is 14.6. The number of benzene rings is 1. The summed E-state index contributed by atoms with van der Waals surface area (Å²) < 4.78 is 11.1. The Balaban J connectivity index is 1.75. The van der Waals surface area contributed by atoms with Gasteiger partial charge in [0, 0.05) is 0 Å². The molecule has 1 N–H and O–H groups in total. The number of hydrogen-bond donors (Lipinski definition) is 1. The lowest BCUT2D eigenvalue weighted by molar-refractivity contribution is 0.0943. The van der Waals surface area contributed by atoms with E-state index in [2.05, 4.69) is 5.32 Å². The molecule has 1 aromatic carbocycles. The van der Waals surface area contributed by atoms with Gasteiger partial charge in [-0.1, -0.05) is 6.07 Å². The number of ether oxygens (including phenoxy) is 2. The van der Waals surface area contributed by atoms with Crippen molar-refractivity contribution in [3.8, 4) is 11.5 Å². The largest absolute Gasteiger partial charge is 0.486 e. The van der Waals surface area contributed by atoms with E-state index in [1.165, 1.54) is 11.3 Å². The smallest absolute Gasteiger partial charge is 0.262 e. The van der Waals surface area contributed by atoms with Gasteiger partial charge >= 0.3 is 0 Å². The van der Waals surface area contributed by atoms with Gasteiger partial charge in [-0.25, -0.2) is 0 Å². The first-order chi connectivity index (χ1) is 10.1. The van der Waals surface area contributed by atoms with Crippen molar-refractivity contribution in [2.24, 2.45) is 0 Å². The van der Waals surface area contributed by atoms with Crippen LogP contribution in [0, 0.1) is 6.92 Å². The van der Waals surface area contributed by atoms with Gasteiger partial charge in [-0.05, 0) is 48.6 Å². The summed E-state index contributed by atoms with van der Waals surface area (Å²) >= 11 is 1.46. The van der Waals surface area contributed by atoms with Crippen LogP contribution in [0.1, 0.15) is 33.8 Å². The topological polar surface area (TPSA) is 47.6 Å². The number of fused-ring (bicyclic) bond motifs is 1. The standard InChI is InChI=1S/C16H17NO3S/c1-10-5-8-21-15(10)16(18)17-11(2)12-3-4-13-14(9-12)20-7-6-19-13/h3-5,8-9,11H,6-7H2,1-2H3,(H,17,18). The third-order valence-electron chi connectivity index (χ3n) is 3.48. The number of carbonyl (C=O) groups is 1. The van der Waals surface area contributed by atoms with E-state index in [-0.39, 0.29) is 11.9 Å². The van der Waals surface area contributed by atoms with Crippen LogP contribution in [0.2, 0.25) is 0 Å². The summed E-state index contributed by atoms with van der Waals surface area (Å²) in [7, 11) is 0. The lowest BCUT2D eigenvalue weighted by Crippen LogP contribution is -2.26. The zero-order chi connectivity index (χ0) is 14.8. The van der Waals surface area contributed by atoms with Crippen molar-refractivity contribution in [2.45, 2.75) is 19.9 Å². The van der Waals surface area contributed by atoms with Gasteiger partial charge in [-0.2, -0.15) is 0 Å². The molecular weight excluding hydrogens is 286 g/mol. The Kier molecular flexibility index (Phi) is 3.84. The predicted molar refractivity (Wildman–Crippen MR) is 82.4 cm³/mol. The van der Waals surface area contributed by atoms with Crippen molar-refractivity contribution in [3.63, 3.8) is 0 Å². The minimum atomic E-state index is -0.0881. The average Bonchev–Trinajstić information content (AvgIpc) is 2.93. The van der Waals surface area contributed by atoms with E-state index in [1.54, 1.807) is 0 Å². The fourth-order valence-corrected chi connectivity index (χ4v) is 3.11. The maximum Gasteiger partial charge on any atom is 0.262 e. The third-order valence-corrected chi connectivity index (χ3v) is 4.50. The second-order valence-electron chi connectivity index (χ2n) is 5.03. The molecule has 21 heavy (non-hydrogen) atoms. The summed E-state index contributed by atoms with van der Waals surface area (Å²) in [4.78, 5) is 13.0. The molecule has 2 heterocycles. The van der Waals surface area contributed by atoms with Gasteiger partial charge < -0.3 is 14.8 Å². The molecule has 0 spiro atoms. The van der Waals surface area contributed by atoms with Crippen molar-refractivity contribution in [1.82, 2.24) is 5.32 Å². The molecule has 1 aliphatic heterocycles. The lowest BCUT2D eigenvalue weighted by Gasteiger charge is -2.21. The Bertz CT molecular complexity index is 665. The number of nitrogens with one attached hydrogen (secondary N) is 1. The van der Waals surface area contributed by atoms with Gasteiger partial charge in [0.15, 0.2) is 11.5 Å². The number of rotatable bonds is 3. The molecular formula is C16H17NO3S. The zero-order valence-corrected chi connectivity index (χ0v) is 12.8. The van der Waals surface area contributed by atoms with Crippen LogP contribution in [-0.2, 0) is 0 Å². The van der Waals surface area contributed by atoms with Crippen LogP contribution in [-0.4, -0.2) is 19.1 Å². The van der Waals surface area contributed by atoms with E-state index in [1.807, 2.05) is 43.5 Å². The molecule has 0 saturated carbocycles. The Hall–Kier alpha value is -2.01. The van der Waals surface area contributed by atoms with Gasteiger partial charge in [-0.15, -0.1) is 11.3 Å². The van der Waals surface area contributed by atoms with Crippen LogP contribution in [0.15, 0.2) is 29.6 Å². The highest BCUT2D eigenvalue weighted by Gasteiger charge is 2.17. The van der Waals surface area contributed by atoms with Crippen molar-refractivity contribution in [3.05, 3.63) is 45.6 Å². The number of hydrogen-bond acceptors (Lipinski definition) is 4. The molecule has 1 aromatic heterocycles. The molecule has 1 aliphatic rings.